The third-order valence-corrected chi connectivity index (χ3v) is 3.49. The first kappa shape index (κ1) is 8.33. The van der Waals surface area contributed by atoms with E-state index < -0.39 is 0 Å². The highest BCUT2D eigenvalue weighted by molar-refractivity contribution is 4.91. The quantitative estimate of drug-likeness (QED) is 0.717. The molecule has 1 aromatic rings. The number of aromatic nitrogens is 2. The molecule has 0 spiro atoms. The normalized spacial score (nSPS) is 22.3. The van der Waals surface area contributed by atoms with E-state index >= 15 is 0 Å². The van der Waals surface area contributed by atoms with Gasteiger partial charge in [0.2, 0.25) is 0 Å². The highest BCUT2D eigenvalue weighted by Crippen LogP contribution is 2.33. The van der Waals surface area contributed by atoms with Gasteiger partial charge in [0.15, 0.2) is 0 Å². The second-order valence-corrected chi connectivity index (χ2v) is 4.67. The van der Waals surface area contributed by atoms with Crippen molar-refractivity contribution in [3.63, 3.8) is 0 Å². The zero-order valence-corrected chi connectivity index (χ0v) is 8.35. The van der Waals surface area contributed by atoms with Crippen LogP contribution < -0.4 is 5.69 Å². The van der Waals surface area contributed by atoms with Crippen molar-refractivity contribution in [1.82, 2.24) is 9.13 Å². The lowest BCUT2D eigenvalue weighted by molar-refractivity contribution is 0.273. The second-order valence-electron chi connectivity index (χ2n) is 4.67. The molecule has 76 valence electrons. The summed E-state index contributed by atoms with van der Waals surface area (Å²) >= 11 is 0. The van der Waals surface area contributed by atoms with E-state index in [-0.39, 0.29) is 5.69 Å². The van der Waals surface area contributed by atoms with E-state index in [0.717, 1.165) is 12.5 Å². The number of hydrogen-bond donors (Lipinski definition) is 0. The summed E-state index contributed by atoms with van der Waals surface area (Å²) in [7, 11) is 0. The maximum atomic E-state index is 11.9. The van der Waals surface area contributed by atoms with Gasteiger partial charge in [0.1, 0.15) is 0 Å². The van der Waals surface area contributed by atoms with E-state index in [9.17, 15) is 4.79 Å². The molecule has 0 aromatic carbocycles. The van der Waals surface area contributed by atoms with Crippen molar-refractivity contribution in [1.29, 1.82) is 0 Å². The van der Waals surface area contributed by atoms with Crippen molar-refractivity contribution in [2.24, 2.45) is 5.92 Å². The van der Waals surface area contributed by atoms with Gasteiger partial charge in [-0.25, -0.2) is 4.79 Å². The minimum atomic E-state index is 0.208. The van der Waals surface area contributed by atoms with E-state index in [4.69, 9.17) is 0 Å². The van der Waals surface area contributed by atoms with Gasteiger partial charge in [0.05, 0.1) is 0 Å². The molecule has 0 unspecified atom stereocenters. The van der Waals surface area contributed by atoms with Crippen LogP contribution in [0.15, 0.2) is 17.2 Å². The Morgan fingerprint density at radius 1 is 1.21 bits per heavy atom. The van der Waals surface area contributed by atoms with Crippen LogP contribution in [0, 0.1) is 5.92 Å². The van der Waals surface area contributed by atoms with Crippen LogP contribution in [0.25, 0.3) is 0 Å². The molecule has 2 fully saturated rings. The average molecular weight is 192 g/mol. The van der Waals surface area contributed by atoms with Crippen LogP contribution in [0.1, 0.15) is 38.1 Å². The van der Waals surface area contributed by atoms with Crippen molar-refractivity contribution in [3.8, 4) is 0 Å². The third-order valence-electron chi connectivity index (χ3n) is 3.49. The minimum absolute atomic E-state index is 0.208. The maximum absolute atomic E-state index is 11.9. The van der Waals surface area contributed by atoms with Gasteiger partial charge in [-0.2, -0.15) is 0 Å². The molecule has 0 radical (unpaired) electrons. The summed E-state index contributed by atoms with van der Waals surface area (Å²) in [6.07, 6.45) is 10.3. The fraction of sp³-hybridized carbons (Fsp3) is 0.727. The first-order chi connectivity index (χ1) is 6.84. The molecule has 0 saturated heterocycles. The summed E-state index contributed by atoms with van der Waals surface area (Å²) in [6.45, 7) is 0.943. The van der Waals surface area contributed by atoms with Gasteiger partial charge in [-0.05, 0) is 31.6 Å². The summed E-state index contributed by atoms with van der Waals surface area (Å²) in [5, 5.41) is 0. The van der Waals surface area contributed by atoms with Gasteiger partial charge < -0.3 is 0 Å². The Morgan fingerprint density at radius 3 is 2.57 bits per heavy atom. The highest BCUT2D eigenvalue weighted by Gasteiger charge is 2.26. The molecule has 2 aliphatic carbocycles. The lowest BCUT2D eigenvalue weighted by atomic mass is 9.85. The summed E-state index contributed by atoms with van der Waals surface area (Å²) in [5.41, 5.74) is 0.208. The monoisotopic (exact) mass is 192 g/mol. The van der Waals surface area contributed by atoms with Crippen LogP contribution in [0.2, 0.25) is 0 Å². The Balaban J connectivity index is 1.79. The van der Waals surface area contributed by atoms with Crippen LogP contribution >= 0.6 is 0 Å². The van der Waals surface area contributed by atoms with Gasteiger partial charge >= 0.3 is 5.69 Å². The Kier molecular flexibility index (Phi) is 1.79. The maximum Gasteiger partial charge on any atom is 0.328 e. The van der Waals surface area contributed by atoms with Gasteiger partial charge in [-0.1, -0.05) is 6.42 Å². The summed E-state index contributed by atoms with van der Waals surface area (Å²) in [5.74, 6) is 0.766. The van der Waals surface area contributed by atoms with Crippen LogP contribution in [-0.2, 0) is 6.54 Å². The van der Waals surface area contributed by atoms with Gasteiger partial charge in [-0.3, -0.25) is 9.13 Å². The smallest absolute Gasteiger partial charge is 0.299 e. The molecule has 0 atom stereocenters. The molecule has 2 saturated carbocycles. The summed E-state index contributed by atoms with van der Waals surface area (Å²) < 4.78 is 3.79. The van der Waals surface area contributed by atoms with Gasteiger partial charge in [0, 0.05) is 25.0 Å². The van der Waals surface area contributed by atoms with Crippen LogP contribution in [-0.4, -0.2) is 9.13 Å². The lowest BCUT2D eigenvalue weighted by Crippen LogP contribution is -2.28. The number of nitrogens with zero attached hydrogens (tertiary/aromatic N) is 2. The standard InChI is InChI=1S/C11H16N2O/c14-11-12(8-9-2-1-3-9)6-7-13(11)10-4-5-10/h6-7,9-10H,1-5,8H2. The predicted molar refractivity (Wildman–Crippen MR) is 54.3 cm³/mol. The molecule has 14 heavy (non-hydrogen) atoms. The summed E-state index contributed by atoms with van der Waals surface area (Å²) in [6, 6.07) is 0.519. The van der Waals surface area contributed by atoms with E-state index in [2.05, 4.69) is 0 Å². The molecule has 3 heteroatoms. The number of rotatable bonds is 3. The van der Waals surface area contributed by atoms with E-state index in [1.165, 1.54) is 32.1 Å². The van der Waals surface area contributed by atoms with Crippen molar-refractivity contribution in [3.05, 3.63) is 22.9 Å². The van der Waals surface area contributed by atoms with Crippen molar-refractivity contribution in [2.45, 2.75) is 44.7 Å². The molecule has 0 bridgehead atoms. The second kappa shape index (κ2) is 3.01. The molecule has 1 heterocycles. The third kappa shape index (κ3) is 1.31. The molecule has 3 rings (SSSR count). The Hall–Kier alpha value is -0.990. The Morgan fingerprint density at radius 2 is 2.00 bits per heavy atom. The fourth-order valence-electron chi connectivity index (χ4n) is 2.15. The van der Waals surface area contributed by atoms with Crippen molar-refractivity contribution < 1.29 is 0 Å². The molecule has 2 aliphatic rings. The SMILES string of the molecule is O=c1n(CC2CCC2)ccn1C1CC1. The van der Waals surface area contributed by atoms with E-state index in [0.29, 0.717) is 6.04 Å². The average Bonchev–Trinajstić information content (AvgIpc) is 2.86. The topological polar surface area (TPSA) is 26.9 Å². The molecule has 0 N–H and O–H groups in total. The highest BCUT2D eigenvalue weighted by atomic mass is 16.1. The molecule has 1 aromatic heterocycles. The number of hydrogen-bond acceptors (Lipinski definition) is 1. The van der Waals surface area contributed by atoms with E-state index in [1.54, 1.807) is 0 Å². The fourth-order valence-corrected chi connectivity index (χ4v) is 2.15. The molecule has 3 nitrogen and oxygen atoms in total. The largest absolute Gasteiger partial charge is 0.328 e. The van der Waals surface area contributed by atoms with E-state index in [1.807, 2.05) is 21.5 Å². The predicted octanol–water partition coefficient (Wildman–Crippen LogP) is 1.78. The molecular weight excluding hydrogens is 176 g/mol. The van der Waals surface area contributed by atoms with Gasteiger partial charge in [-0.15, -0.1) is 0 Å². The van der Waals surface area contributed by atoms with Crippen LogP contribution in [0.4, 0.5) is 0 Å². The van der Waals surface area contributed by atoms with Crippen molar-refractivity contribution in [2.75, 3.05) is 0 Å². The zero-order valence-electron chi connectivity index (χ0n) is 8.35. The number of imidazole rings is 1. The van der Waals surface area contributed by atoms with Gasteiger partial charge in [0.25, 0.3) is 0 Å². The van der Waals surface area contributed by atoms with Crippen molar-refractivity contribution >= 4 is 0 Å². The van der Waals surface area contributed by atoms with Crippen LogP contribution in [0.3, 0.4) is 0 Å². The lowest BCUT2D eigenvalue weighted by Gasteiger charge is -2.24. The molecule has 0 aliphatic heterocycles. The Bertz CT molecular complexity index is 382. The zero-order chi connectivity index (χ0) is 9.54. The molecular formula is C11H16N2O. The first-order valence-corrected chi connectivity index (χ1v) is 5.62. The first-order valence-electron chi connectivity index (χ1n) is 5.62. The molecule has 0 amide bonds. The van der Waals surface area contributed by atoms with Crippen LogP contribution in [0.5, 0.6) is 0 Å². The summed E-state index contributed by atoms with van der Waals surface area (Å²) in [4.78, 5) is 11.9. The Labute approximate surface area is 83.3 Å². The minimum Gasteiger partial charge on any atom is -0.299 e.